The van der Waals surface area contributed by atoms with Gasteiger partial charge in [0, 0.05) is 12.6 Å². The normalized spacial score (nSPS) is 19.4. The summed E-state index contributed by atoms with van der Waals surface area (Å²) in [6, 6.07) is 0. The highest BCUT2D eigenvalue weighted by Crippen LogP contribution is 2.37. The highest BCUT2D eigenvalue weighted by molar-refractivity contribution is 7.88. The number of rotatable bonds is 4. The SMILES string of the molecule is Cn1nc(C(F)(F)F)c(CS(=O)(=O)N2CC(C)(C)ON2)c1C(F)F. The van der Waals surface area contributed by atoms with E-state index < -0.39 is 50.9 Å². The minimum atomic E-state index is -5.07. The van der Waals surface area contributed by atoms with Crippen molar-refractivity contribution < 1.29 is 35.2 Å². The maximum atomic E-state index is 13.1. The molecule has 2 heterocycles. The molecular weight excluding hydrogens is 363 g/mol. The number of sulfonamides is 1. The Bertz CT molecular complexity index is 729. The molecule has 2 rings (SSSR count). The summed E-state index contributed by atoms with van der Waals surface area (Å²) in [5.41, 5.74) is -2.67. The molecule has 1 aliphatic rings. The molecule has 0 aliphatic carbocycles. The van der Waals surface area contributed by atoms with Crippen LogP contribution in [0.3, 0.4) is 0 Å². The second kappa shape index (κ2) is 5.89. The molecule has 24 heavy (non-hydrogen) atoms. The molecule has 0 atom stereocenters. The van der Waals surface area contributed by atoms with Crippen molar-refractivity contribution in [3.63, 3.8) is 0 Å². The first kappa shape index (κ1) is 19.0. The summed E-state index contributed by atoms with van der Waals surface area (Å²) in [6.07, 6.45) is -8.38. The smallest absolute Gasteiger partial charge is 0.278 e. The molecule has 1 aliphatic heterocycles. The third-order valence-electron chi connectivity index (χ3n) is 3.28. The molecular formula is C11H15F5N4O3S. The molecule has 0 unspecified atom stereocenters. The monoisotopic (exact) mass is 378 g/mol. The van der Waals surface area contributed by atoms with Crippen molar-refractivity contribution in [1.29, 1.82) is 0 Å². The summed E-state index contributed by atoms with van der Waals surface area (Å²) in [4.78, 5) is 4.96. The molecule has 0 spiro atoms. The number of halogens is 5. The van der Waals surface area contributed by atoms with E-state index in [0.717, 1.165) is 7.05 Å². The second-order valence-corrected chi connectivity index (χ2v) is 7.74. The number of hydrogen-bond acceptors (Lipinski definition) is 5. The Morgan fingerprint density at radius 1 is 1.38 bits per heavy atom. The predicted molar refractivity (Wildman–Crippen MR) is 70.8 cm³/mol. The van der Waals surface area contributed by atoms with Crippen LogP contribution < -0.4 is 5.59 Å². The van der Waals surface area contributed by atoms with Crippen molar-refractivity contribution in [3.05, 3.63) is 17.0 Å². The summed E-state index contributed by atoms with van der Waals surface area (Å²) in [7, 11) is -3.50. The third kappa shape index (κ3) is 3.68. The Hall–Kier alpha value is -1.31. The quantitative estimate of drug-likeness (QED) is 0.808. The fraction of sp³-hybridized carbons (Fsp3) is 0.727. The molecule has 0 saturated carbocycles. The number of aromatic nitrogens is 2. The molecule has 13 heteroatoms. The van der Waals surface area contributed by atoms with E-state index in [1.807, 2.05) is 0 Å². The number of aryl methyl sites for hydroxylation is 1. The molecule has 1 N–H and O–H groups in total. The average Bonchev–Trinajstić information content (AvgIpc) is 2.89. The zero-order valence-electron chi connectivity index (χ0n) is 12.9. The van der Waals surface area contributed by atoms with Crippen LogP contribution in [-0.2, 0) is 33.8 Å². The van der Waals surface area contributed by atoms with Gasteiger partial charge in [0.15, 0.2) is 5.69 Å². The molecule has 0 radical (unpaired) electrons. The van der Waals surface area contributed by atoms with Gasteiger partial charge in [-0.25, -0.2) is 17.2 Å². The standard InChI is InChI=1S/C11H15F5N4O3S/c1-10(2)5-20(18-23-10)24(21,22)4-6-7(9(12)13)19(3)17-8(6)11(14,15)16/h9,18H,4-5H2,1-3H3. The molecule has 7 nitrogen and oxygen atoms in total. The lowest BCUT2D eigenvalue weighted by molar-refractivity contribution is -0.141. The lowest BCUT2D eigenvalue weighted by atomic mass is 10.1. The molecule has 1 aromatic rings. The largest absolute Gasteiger partial charge is 0.435 e. The third-order valence-corrected chi connectivity index (χ3v) is 4.81. The number of hydrogen-bond donors (Lipinski definition) is 1. The van der Waals surface area contributed by atoms with Gasteiger partial charge < -0.3 is 0 Å². The number of nitrogens with zero attached hydrogens (tertiary/aromatic N) is 3. The van der Waals surface area contributed by atoms with E-state index in [9.17, 15) is 30.4 Å². The Balaban J connectivity index is 2.45. The zero-order valence-corrected chi connectivity index (χ0v) is 13.7. The Labute approximate surface area is 134 Å². The second-order valence-electron chi connectivity index (χ2n) is 5.85. The van der Waals surface area contributed by atoms with Crippen LogP contribution in [0.2, 0.25) is 0 Å². The van der Waals surface area contributed by atoms with Gasteiger partial charge in [0.1, 0.15) is 11.3 Å². The predicted octanol–water partition coefficient (Wildman–Crippen LogP) is 1.74. The van der Waals surface area contributed by atoms with Gasteiger partial charge in [0.05, 0.1) is 12.3 Å². The van der Waals surface area contributed by atoms with Crippen LogP contribution in [0.25, 0.3) is 0 Å². The van der Waals surface area contributed by atoms with Gasteiger partial charge in [-0.15, -0.1) is 10.0 Å². The minimum Gasteiger partial charge on any atom is -0.278 e. The molecule has 1 saturated heterocycles. The van der Waals surface area contributed by atoms with Gasteiger partial charge in [-0.1, -0.05) is 0 Å². The van der Waals surface area contributed by atoms with Gasteiger partial charge in [-0.3, -0.25) is 9.52 Å². The van der Waals surface area contributed by atoms with E-state index in [1.165, 1.54) is 0 Å². The minimum absolute atomic E-state index is 0.193. The first-order valence-corrected chi connectivity index (χ1v) is 8.21. The van der Waals surface area contributed by atoms with Crippen LogP contribution in [0.15, 0.2) is 0 Å². The van der Waals surface area contributed by atoms with E-state index in [1.54, 1.807) is 13.8 Å². The average molecular weight is 378 g/mol. The first-order valence-electron chi connectivity index (χ1n) is 6.60. The highest BCUT2D eigenvalue weighted by atomic mass is 32.2. The van der Waals surface area contributed by atoms with Crippen LogP contribution >= 0.6 is 0 Å². The first-order chi connectivity index (χ1) is 10.7. The van der Waals surface area contributed by atoms with E-state index >= 15 is 0 Å². The van der Waals surface area contributed by atoms with Crippen LogP contribution in [0.1, 0.15) is 37.2 Å². The summed E-state index contributed by atoms with van der Waals surface area (Å²) < 4.78 is 90.7. The van der Waals surface area contributed by atoms with Gasteiger partial charge in [-0.2, -0.15) is 18.3 Å². The summed E-state index contributed by atoms with van der Waals surface area (Å²) in [5, 5.41) is 3.02. The van der Waals surface area contributed by atoms with Crippen molar-refractivity contribution in [2.24, 2.45) is 7.05 Å². The highest BCUT2D eigenvalue weighted by Gasteiger charge is 2.44. The fourth-order valence-corrected chi connectivity index (χ4v) is 3.69. The molecule has 138 valence electrons. The maximum Gasteiger partial charge on any atom is 0.435 e. The number of alkyl halides is 5. The zero-order chi connectivity index (χ0) is 18.5. The van der Waals surface area contributed by atoms with E-state index in [-0.39, 0.29) is 6.54 Å². The van der Waals surface area contributed by atoms with E-state index in [4.69, 9.17) is 4.84 Å². The van der Waals surface area contributed by atoms with Crippen molar-refractivity contribution in [2.45, 2.75) is 37.8 Å². The molecule has 1 fully saturated rings. The maximum absolute atomic E-state index is 13.1. The van der Waals surface area contributed by atoms with Gasteiger partial charge in [-0.05, 0) is 13.8 Å². The van der Waals surface area contributed by atoms with Crippen LogP contribution in [0.4, 0.5) is 22.0 Å². The van der Waals surface area contributed by atoms with Crippen molar-refractivity contribution in [2.75, 3.05) is 6.54 Å². The topological polar surface area (TPSA) is 76.5 Å². The van der Waals surface area contributed by atoms with Gasteiger partial charge >= 0.3 is 6.18 Å². The van der Waals surface area contributed by atoms with Crippen molar-refractivity contribution >= 4 is 10.0 Å². The van der Waals surface area contributed by atoms with Crippen molar-refractivity contribution in [3.8, 4) is 0 Å². The van der Waals surface area contributed by atoms with E-state index in [2.05, 4.69) is 10.7 Å². The lowest BCUT2D eigenvalue weighted by Crippen LogP contribution is -2.38. The van der Waals surface area contributed by atoms with Gasteiger partial charge in [0.2, 0.25) is 10.0 Å². The lowest BCUT2D eigenvalue weighted by Gasteiger charge is -2.16. The summed E-state index contributed by atoms with van der Waals surface area (Å²) in [6.45, 7) is 2.90. The molecule has 0 aromatic carbocycles. The molecule has 0 amide bonds. The van der Waals surface area contributed by atoms with Gasteiger partial charge in [0.25, 0.3) is 6.43 Å². The molecule has 0 bridgehead atoms. The number of hydrazine groups is 1. The van der Waals surface area contributed by atoms with Crippen LogP contribution in [0.5, 0.6) is 0 Å². The fourth-order valence-electron chi connectivity index (χ4n) is 2.22. The Morgan fingerprint density at radius 3 is 2.38 bits per heavy atom. The summed E-state index contributed by atoms with van der Waals surface area (Å²) >= 11 is 0. The van der Waals surface area contributed by atoms with Crippen molar-refractivity contribution in [1.82, 2.24) is 19.8 Å². The Kier molecular flexibility index (Phi) is 4.67. The Morgan fingerprint density at radius 2 is 1.96 bits per heavy atom. The summed E-state index contributed by atoms with van der Waals surface area (Å²) in [5.74, 6) is -1.29. The van der Waals surface area contributed by atoms with Crippen LogP contribution in [0, 0.1) is 0 Å². The molecule has 1 aromatic heterocycles. The van der Waals surface area contributed by atoms with Crippen LogP contribution in [-0.4, -0.2) is 34.8 Å². The van der Waals surface area contributed by atoms with E-state index in [0.29, 0.717) is 9.10 Å². The number of nitrogens with one attached hydrogen (secondary N) is 1.